The number of carbonyl (C=O) groups is 1. The van der Waals surface area contributed by atoms with Gasteiger partial charge in [-0.3, -0.25) is 4.79 Å². The predicted molar refractivity (Wildman–Crippen MR) is 70.2 cm³/mol. The molecule has 0 saturated carbocycles. The molecule has 1 aliphatic rings. The molecule has 1 fully saturated rings. The van der Waals surface area contributed by atoms with Gasteiger partial charge in [0.1, 0.15) is 0 Å². The average molecular weight is 253 g/mol. The summed E-state index contributed by atoms with van der Waals surface area (Å²) in [4.78, 5) is 14.1. The summed E-state index contributed by atoms with van der Waals surface area (Å²) in [6.07, 6.45) is 2.12. The van der Waals surface area contributed by atoms with Crippen LogP contribution in [-0.4, -0.2) is 23.9 Å². The molecule has 1 aromatic rings. The molecule has 2 N–H and O–H groups in total. The van der Waals surface area contributed by atoms with Crippen molar-refractivity contribution in [3.8, 4) is 0 Å². The maximum absolute atomic E-state index is 12.3. The van der Waals surface area contributed by atoms with Gasteiger partial charge in [-0.15, -0.1) is 0 Å². The maximum Gasteiger partial charge on any atom is 0.255 e. The van der Waals surface area contributed by atoms with Gasteiger partial charge in [-0.2, -0.15) is 0 Å². The lowest BCUT2D eigenvalue weighted by Crippen LogP contribution is -2.38. The van der Waals surface area contributed by atoms with E-state index in [4.69, 9.17) is 17.3 Å². The molecule has 0 bridgehead atoms. The normalized spacial score (nSPS) is 17.2. The van der Waals surface area contributed by atoms with Gasteiger partial charge < -0.3 is 10.6 Å². The lowest BCUT2D eigenvalue weighted by Gasteiger charge is -2.30. The number of hydrogen-bond acceptors (Lipinski definition) is 2. The highest BCUT2D eigenvalue weighted by Gasteiger charge is 2.22. The zero-order chi connectivity index (χ0) is 12.4. The fraction of sp³-hybridized carbons (Fsp3) is 0.462. The molecule has 2 rings (SSSR count). The number of likely N-dealkylation sites (tertiary alicyclic amines) is 1. The number of nitrogens with two attached hydrogens (primary N) is 1. The molecule has 0 aliphatic carbocycles. The molecule has 0 radical (unpaired) electrons. The highest BCUT2D eigenvalue weighted by Crippen LogP contribution is 2.23. The third-order valence-corrected chi connectivity index (χ3v) is 3.55. The third-order valence-electron chi connectivity index (χ3n) is 3.32. The Morgan fingerprint density at radius 2 is 2.06 bits per heavy atom. The van der Waals surface area contributed by atoms with Crippen LogP contribution >= 0.6 is 11.6 Å². The van der Waals surface area contributed by atoms with Crippen molar-refractivity contribution in [1.29, 1.82) is 0 Å². The van der Waals surface area contributed by atoms with E-state index in [0.717, 1.165) is 25.9 Å². The number of anilines is 1. The predicted octanol–water partition coefficient (Wildman–Crippen LogP) is 2.79. The van der Waals surface area contributed by atoms with Crippen LogP contribution in [0.15, 0.2) is 18.2 Å². The summed E-state index contributed by atoms with van der Waals surface area (Å²) < 4.78 is 0. The van der Waals surface area contributed by atoms with Crippen LogP contribution in [0.1, 0.15) is 30.1 Å². The molecule has 92 valence electrons. The zero-order valence-electron chi connectivity index (χ0n) is 9.95. The second-order valence-electron chi connectivity index (χ2n) is 4.71. The summed E-state index contributed by atoms with van der Waals surface area (Å²) >= 11 is 5.90. The van der Waals surface area contributed by atoms with E-state index in [1.54, 1.807) is 18.2 Å². The van der Waals surface area contributed by atoms with Gasteiger partial charge in [0.15, 0.2) is 0 Å². The zero-order valence-corrected chi connectivity index (χ0v) is 10.7. The van der Waals surface area contributed by atoms with Crippen molar-refractivity contribution < 1.29 is 4.79 Å². The number of nitrogen functional groups attached to an aromatic ring is 1. The molecule has 0 aromatic heterocycles. The Hall–Kier alpha value is -1.22. The topological polar surface area (TPSA) is 46.3 Å². The molecule has 1 aliphatic heterocycles. The number of amides is 1. The van der Waals surface area contributed by atoms with Crippen molar-refractivity contribution in [2.24, 2.45) is 5.92 Å². The number of carbonyl (C=O) groups excluding carboxylic acids is 1. The maximum atomic E-state index is 12.3. The lowest BCUT2D eigenvalue weighted by molar-refractivity contribution is 0.0698. The van der Waals surface area contributed by atoms with Crippen LogP contribution in [0.25, 0.3) is 0 Å². The molecule has 4 heteroatoms. The van der Waals surface area contributed by atoms with Crippen LogP contribution < -0.4 is 5.73 Å². The minimum absolute atomic E-state index is 0.00287. The Balaban J connectivity index is 2.16. The van der Waals surface area contributed by atoms with Crippen molar-refractivity contribution in [3.63, 3.8) is 0 Å². The number of piperidine rings is 1. The van der Waals surface area contributed by atoms with Gasteiger partial charge in [-0.25, -0.2) is 0 Å². The van der Waals surface area contributed by atoms with E-state index < -0.39 is 0 Å². The van der Waals surface area contributed by atoms with E-state index in [9.17, 15) is 4.79 Å². The Bertz CT molecular complexity index is 425. The fourth-order valence-corrected chi connectivity index (χ4v) is 2.27. The molecule has 17 heavy (non-hydrogen) atoms. The van der Waals surface area contributed by atoms with Crippen LogP contribution in [0.4, 0.5) is 5.69 Å². The Labute approximate surface area is 107 Å². The van der Waals surface area contributed by atoms with Crippen molar-refractivity contribution in [1.82, 2.24) is 4.90 Å². The van der Waals surface area contributed by atoms with Gasteiger partial charge >= 0.3 is 0 Å². The van der Waals surface area contributed by atoms with Gasteiger partial charge in [0.25, 0.3) is 5.91 Å². The first-order valence-corrected chi connectivity index (χ1v) is 6.30. The van der Waals surface area contributed by atoms with Gasteiger partial charge in [0.05, 0.1) is 5.56 Å². The van der Waals surface area contributed by atoms with E-state index in [1.165, 1.54) is 0 Å². The smallest absolute Gasteiger partial charge is 0.255 e. The van der Waals surface area contributed by atoms with Crippen molar-refractivity contribution >= 4 is 23.2 Å². The van der Waals surface area contributed by atoms with E-state index in [2.05, 4.69) is 6.92 Å². The first kappa shape index (κ1) is 12.2. The van der Waals surface area contributed by atoms with E-state index in [-0.39, 0.29) is 5.91 Å². The van der Waals surface area contributed by atoms with Crippen molar-refractivity contribution in [2.45, 2.75) is 19.8 Å². The fourth-order valence-electron chi connectivity index (χ4n) is 2.10. The summed E-state index contributed by atoms with van der Waals surface area (Å²) in [5.74, 6) is 0.702. The first-order chi connectivity index (χ1) is 8.08. The molecule has 1 heterocycles. The van der Waals surface area contributed by atoms with Crippen LogP contribution in [0.3, 0.4) is 0 Å². The molecule has 1 saturated heterocycles. The van der Waals surface area contributed by atoms with Crippen LogP contribution in [0, 0.1) is 5.92 Å². The number of nitrogens with zero attached hydrogens (tertiary/aromatic N) is 1. The third kappa shape index (κ3) is 2.72. The molecule has 0 spiro atoms. The molecular weight excluding hydrogens is 236 g/mol. The lowest BCUT2D eigenvalue weighted by atomic mass is 9.98. The number of benzene rings is 1. The Kier molecular flexibility index (Phi) is 3.57. The average Bonchev–Trinajstić information content (AvgIpc) is 2.32. The van der Waals surface area contributed by atoms with Crippen molar-refractivity contribution in [3.05, 3.63) is 28.8 Å². The highest BCUT2D eigenvalue weighted by atomic mass is 35.5. The molecular formula is C13H17ClN2O. The summed E-state index contributed by atoms with van der Waals surface area (Å²) in [5, 5.41) is 0.549. The molecule has 1 aromatic carbocycles. The monoisotopic (exact) mass is 252 g/mol. The molecule has 0 unspecified atom stereocenters. The van der Waals surface area contributed by atoms with E-state index >= 15 is 0 Å². The standard InChI is InChI=1S/C13H17ClN2O/c1-9-4-6-16(7-5-9)13(17)11-8-10(14)2-3-12(11)15/h2-3,8-9H,4-7,15H2,1H3. The largest absolute Gasteiger partial charge is 0.398 e. The second-order valence-corrected chi connectivity index (χ2v) is 5.14. The van der Waals surface area contributed by atoms with Crippen LogP contribution in [-0.2, 0) is 0 Å². The molecule has 0 atom stereocenters. The van der Waals surface area contributed by atoms with E-state index in [0.29, 0.717) is 22.2 Å². The summed E-state index contributed by atoms with van der Waals surface area (Å²) in [7, 11) is 0. The van der Waals surface area contributed by atoms with Gasteiger partial charge in [-0.1, -0.05) is 18.5 Å². The number of hydrogen-bond donors (Lipinski definition) is 1. The first-order valence-electron chi connectivity index (χ1n) is 5.92. The van der Waals surface area contributed by atoms with Gasteiger partial charge in [0, 0.05) is 23.8 Å². The highest BCUT2D eigenvalue weighted by molar-refractivity contribution is 6.31. The molecule has 1 amide bonds. The van der Waals surface area contributed by atoms with E-state index in [1.807, 2.05) is 4.90 Å². The van der Waals surface area contributed by atoms with Gasteiger partial charge in [0.2, 0.25) is 0 Å². The Morgan fingerprint density at radius 3 is 2.71 bits per heavy atom. The minimum atomic E-state index is -0.00287. The summed E-state index contributed by atoms with van der Waals surface area (Å²) in [5.41, 5.74) is 6.84. The minimum Gasteiger partial charge on any atom is -0.398 e. The Morgan fingerprint density at radius 1 is 1.41 bits per heavy atom. The van der Waals surface area contributed by atoms with Gasteiger partial charge in [-0.05, 0) is 37.0 Å². The second kappa shape index (κ2) is 4.96. The molecule has 3 nitrogen and oxygen atoms in total. The SMILES string of the molecule is CC1CCN(C(=O)c2cc(Cl)ccc2N)CC1. The van der Waals surface area contributed by atoms with Crippen molar-refractivity contribution in [2.75, 3.05) is 18.8 Å². The number of rotatable bonds is 1. The summed E-state index contributed by atoms with van der Waals surface area (Å²) in [6, 6.07) is 5.03. The summed E-state index contributed by atoms with van der Waals surface area (Å²) in [6.45, 7) is 3.84. The van der Waals surface area contributed by atoms with Crippen LogP contribution in [0.2, 0.25) is 5.02 Å². The van der Waals surface area contributed by atoms with Crippen LogP contribution in [0.5, 0.6) is 0 Å². The quantitative estimate of drug-likeness (QED) is 0.782. The number of halogens is 1.